The van der Waals surface area contributed by atoms with E-state index in [4.69, 9.17) is 11.6 Å². The van der Waals surface area contributed by atoms with Crippen LogP contribution in [-0.4, -0.2) is 20.3 Å². The second kappa shape index (κ2) is 6.70. The molecule has 1 rings (SSSR count). The van der Waals surface area contributed by atoms with Crippen LogP contribution in [0, 0.1) is 6.92 Å². The Bertz CT molecular complexity index is 534. The monoisotopic (exact) mass is 417 g/mol. The number of nitrogens with one attached hydrogen (secondary N) is 1. The molecule has 0 saturated carbocycles. The quantitative estimate of drug-likeness (QED) is 0.738. The highest BCUT2D eigenvalue weighted by molar-refractivity contribution is 9.11. The number of hydrogen-bond donors (Lipinski definition) is 1. The average Bonchev–Trinajstić information content (AvgIpc) is 2.22. The molecule has 0 fully saturated rings. The van der Waals surface area contributed by atoms with Gasteiger partial charge in [0.25, 0.3) is 0 Å². The Morgan fingerprint density at radius 3 is 2.50 bits per heavy atom. The van der Waals surface area contributed by atoms with Gasteiger partial charge in [0.15, 0.2) is 0 Å². The zero-order valence-corrected chi connectivity index (χ0v) is 14.7. The fraction of sp³-hybridized carbons (Fsp3) is 0.455. The van der Waals surface area contributed by atoms with Gasteiger partial charge in [0.05, 0.1) is 4.90 Å². The fourth-order valence-corrected chi connectivity index (χ4v) is 4.67. The van der Waals surface area contributed by atoms with Crippen molar-refractivity contribution in [1.29, 1.82) is 0 Å². The van der Waals surface area contributed by atoms with E-state index in [1.54, 1.807) is 19.1 Å². The van der Waals surface area contributed by atoms with Gasteiger partial charge in [-0.3, -0.25) is 0 Å². The highest BCUT2D eigenvalue weighted by Crippen LogP contribution is 2.28. The summed E-state index contributed by atoms with van der Waals surface area (Å²) in [5.41, 5.74) is 0.967. The van der Waals surface area contributed by atoms with Crippen LogP contribution >= 0.6 is 43.5 Å². The SMILES string of the molecule is Cc1cc(Br)c(S(=O)(=O)NC(C)CCCl)cc1Br. The van der Waals surface area contributed by atoms with E-state index in [0.29, 0.717) is 16.8 Å². The van der Waals surface area contributed by atoms with E-state index in [9.17, 15) is 8.42 Å². The zero-order valence-electron chi connectivity index (χ0n) is 10.0. The minimum absolute atomic E-state index is 0.195. The zero-order chi connectivity index (χ0) is 13.9. The highest BCUT2D eigenvalue weighted by atomic mass is 79.9. The number of hydrogen-bond acceptors (Lipinski definition) is 2. The molecule has 0 saturated heterocycles. The van der Waals surface area contributed by atoms with E-state index in [2.05, 4.69) is 36.6 Å². The Hall–Kier alpha value is 0.380. The van der Waals surface area contributed by atoms with Crippen molar-refractivity contribution < 1.29 is 8.42 Å². The molecule has 3 nitrogen and oxygen atoms in total. The summed E-state index contributed by atoms with van der Waals surface area (Å²) in [5.74, 6) is 0.419. The average molecular weight is 420 g/mol. The fourth-order valence-electron chi connectivity index (χ4n) is 1.38. The van der Waals surface area contributed by atoms with Crippen molar-refractivity contribution >= 4 is 53.5 Å². The highest BCUT2D eigenvalue weighted by Gasteiger charge is 2.21. The molecular weight excluding hydrogens is 405 g/mol. The van der Waals surface area contributed by atoms with Crippen molar-refractivity contribution in [3.8, 4) is 0 Å². The summed E-state index contributed by atoms with van der Waals surface area (Å²) in [4.78, 5) is 0.224. The lowest BCUT2D eigenvalue weighted by molar-refractivity contribution is 0.556. The third-order valence-electron chi connectivity index (χ3n) is 2.40. The molecule has 0 aliphatic carbocycles. The molecule has 0 amide bonds. The van der Waals surface area contributed by atoms with E-state index in [0.717, 1.165) is 10.0 Å². The lowest BCUT2D eigenvalue weighted by Crippen LogP contribution is -2.33. The van der Waals surface area contributed by atoms with E-state index >= 15 is 0 Å². The van der Waals surface area contributed by atoms with Crippen molar-refractivity contribution in [1.82, 2.24) is 4.72 Å². The van der Waals surface area contributed by atoms with Gasteiger partial charge in [0, 0.05) is 20.9 Å². The molecule has 102 valence electrons. The van der Waals surface area contributed by atoms with Crippen molar-refractivity contribution in [2.75, 3.05) is 5.88 Å². The first-order chi connectivity index (χ1) is 8.27. The molecule has 0 spiro atoms. The van der Waals surface area contributed by atoms with Crippen molar-refractivity contribution in [2.24, 2.45) is 0 Å². The van der Waals surface area contributed by atoms with E-state index < -0.39 is 10.0 Å². The van der Waals surface area contributed by atoms with Crippen LogP contribution < -0.4 is 4.72 Å². The Labute approximate surface area is 130 Å². The standard InChI is InChI=1S/C11H14Br2ClNO2S/c1-7-5-10(13)11(6-9(7)12)18(16,17)15-8(2)3-4-14/h5-6,8,15H,3-4H2,1-2H3. The smallest absolute Gasteiger partial charge is 0.208 e. The molecule has 0 heterocycles. The number of alkyl halides is 1. The molecule has 0 radical (unpaired) electrons. The Morgan fingerprint density at radius 2 is 1.94 bits per heavy atom. The van der Waals surface area contributed by atoms with E-state index in [-0.39, 0.29) is 10.9 Å². The summed E-state index contributed by atoms with van der Waals surface area (Å²) < 4.78 is 28.3. The van der Waals surface area contributed by atoms with Crippen LogP contribution in [0.25, 0.3) is 0 Å². The normalized spacial score (nSPS) is 13.6. The summed E-state index contributed by atoms with van der Waals surface area (Å²) in [5, 5.41) is 0. The molecule has 0 aromatic heterocycles. The summed E-state index contributed by atoms with van der Waals surface area (Å²) in [6.45, 7) is 3.69. The van der Waals surface area contributed by atoms with Gasteiger partial charge in [-0.25, -0.2) is 13.1 Å². The van der Waals surface area contributed by atoms with E-state index in [1.807, 2.05) is 6.92 Å². The van der Waals surface area contributed by atoms with Gasteiger partial charge < -0.3 is 0 Å². The van der Waals surface area contributed by atoms with Crippen molar-refractivity contribution in [2.45, 2.75) is 31.2 Å². The Kier molecular flexibility index (Phi) is 6.12. The van der Waals surface area contributed by atoms with Gasteiger partial charge >= 0.3 is 0 Å². The molecule has 18 heavy (non-hydrogen) atoms. The van der Waals surface area contributed by atoms with Crippen molar-refractivity contribution in [3.05, 3.63) is 26.6 Å². The third kappa shape index (κ3) is 4.20. The molecule has 1 N–H and O–H groups in total. The number of halogens is 3. The minimum atomic E-state index is -3.54. The van der Waals surface area contributed by atoms with Gasteiger partial charge in [-0.15, -0.1) is 11.6 Å². The number of aryl methyl sites for hydroxylation is 1. The molecule has 0 aliphatic heterocycles. The molecule has 1 aromatic rings. The Morgan fingerprint density at radius 1 is 1.33 bits per heavy atom. The molecule has 1 atom stereocenters. The first-order valence-corrected chi connectivity index (χ1v) is 8.92. The van der Waals surface area contributed by atoms with Crippen LogP contribution in [-0.2, 0) is 10.0 Å². The van der Waals surface area contributed by atoms with Crippen LogP contribution in [0.15, 0.2) is 26.0 Å². The maximum Gasteiger partial charge on any atom is 0.241 e. The third-order valence-corrected chi connectivity index (χ3v) is 6.02. The summed E-state index contributed by atoms with van der Waals surface area (Å²) in [7, 11) is -3.54. The van der Waals surface area contributed by atoms with Gasteiger partial charge in [0.2, 0.25) is 10.0 Å². The topological polar surface area (TPSA) is 46.2 Å². The van der Waals surface area contributed by atoms with Crippen LogP contribution in [0.3, 0.4) is 0 Å². The predicted molar refractivity (Wildman–Crippen MR) is 81.7 cm³/mol. The van der Waals surface area contributed by atoms with Gasteiger partial charge in [0.1, 0.15) is 0 Å². The van der Waals surface area contributed by atoms with Crippen LogP contribution in [0.1, 0.15) is 18.9 Å². The summed E-state index contributed by atoms with van der Waals surface area (Å²) >= 11 is 12.2. The van der Waals surface area contributed by atoms with Gasteiger partial charge in [-0.2, -0.15) is 0 Å². The largest absolute Gasteiger partial charge is 0.241 e. The summed E-state index contributed by atoms with van der Waals surface area (Å²) in [6, 6.07) is 3.17. The summed E-state index contributed by atoms with van der Waals surface area (Å²) in [6.07, 6.45) is 0.589. The lowest BCUT2D eigenvalue weighted by Gasteiger charge is -2.14. The maximum absolute atomic E-state index is 12.2. The van der Waals surface area contributed by atoms with E-state index in [1.165, 1.54) is 0 Å². The van der Waals surface area contributed by atoms with Gasteiger partial charge in [-0.05, 0) is 53.9 Å². The first kappa shape index (κ1) is 16.4. The number of rotatable bonds is 5. The minimum Gasteiger partial charge on any atom is -0.208 e. The second-order valence-corrected chi connectivity index (χ2v) is 7.80. The number of sulfonamides is 1. The molecular formula is C11H14Br2ClNO2S. The van der Waals surface area contributed by atoms with Crippen LogP contribution in [0.2, 0.25) is 0 Å². The molecule has 0 bridgehead atoms. The van der Waals surface area contributed by atoms with Crippen LogP contribution in [0.5, 0.6) is 0 Å². The molecule has 1 unspecified atom stereocenters. The number of benzene rings is 1. The molecule has 0 aliphatic rings. The molecule has 1 aromatic carbocycles. The first-order valence-electron chi connectivity index (χ1n) is 5.32. The molecule has 7 heteroatoms. The predicted octanol–water partition coefficient (Wildman–Crippen LogP) is 3.82. The lowest BCUT2D eigenvalue weighted by atomic mass is 10.2. The maximum atomic E-state index is 12.2. The second-order valence-electron chi connectivity index (χ2n) is 4.03. The van der Waals surface area contributed by atoms with Crippen LogP contribution in [0.4, 0.5) is 0 Å². The Balaban J connectivity index is 3.09. The van der Waals surface area contributed by atoms with Crippen molar-refractivity contribution in [3.63, 3.8) is 0 Å². The van der Waals surface area contributed by atoms with Gasteiger partial charge in [-0.1, -0.05) is 15.9 Å².